The van der Waals surface area contributed by atoms with Crippen LogP contribution in [0, 0.1) is 6.92 Å². The summed E-state index contributed by atoms with van der Waals surface area (Å²) in [6.07, 6.45) is 1.87. The number of hydrogen-bond donors (Lipinski definition) is 4. The minimum Gasteiger partial charge on any atom is -0.503 e. The van der Waals surface area contributed by atoms with Crippen molar-refractivity contribution >= 4 is 11.9 Å². The molecule has 0 saturated carbocycles. The zero-order valence-electron chi connectivity index (χ0n) is 11.7. The van der Waals surface area contributed by atoms with Gasteiger partial charge in [0.25, 0.3) is 0 Å². The van der Waals surface area contributed by atoms with Crippen LogP contribution in [-0.4, -0.2) is 39.2 Å². The Kier molecular flexibility index (Phi) is 5.92. The summed E-state index contributed by atoms with van der Waals surface area (Å²) in [4.78, 5) is 33.1. The van der Waals surface area contributed by atoms with Gasteiger partial charge in [-0.15, -0.1) is 0 Å². The van der Waals surface area contributed by atoms with Crippen molar-refractivity contribution in [3.63, 3.8) is 0 Å². The van der Waals surface area contributed by atoms with E-state index in [2.05, 4.69) is 5.32 Å². The quantitative estimate of drug-likeness (QED) is 0.485. The number of aromatic nitrogens is 1. The van der Waals surface area contributed by atoms with Crippen molar-refractivity contribution < 1.29 is 19.8 Å². The Balaban J connectivity index is 2.38. The predicted octanol–water partition coefficient (Wildman–Crippen LogP) is -0.829. The molecule has 0 bridgehead atoms. The summed E-state index contributed by atoms with van der Waals surface area (Å²) in [7, 11) is 0. The monoisotopic (exact) mass is 297 g/mol. The van der Waals surface area contributed by atoms with Crippen molar-refractivity contribution in [1.82, 2.24) is 9.88 Å². The number of nitrogens with one attached hydrogen (secondary N) is 1. The highest BCUT2D eigenvalue weighted by atomic mass is 16.4. The summed E-state index contributed by atoms with van der Waals surface area (Å²) < 4.78 is 1.70. The summed E-state index contributed by atoms with van der Waals surface area (Å²) in [6, 6.07) is 0.0652. The Morgan fingerprint density at radius 2 is 2.14 bits per heavy atom. The van der Waals surface area contributed by atoms with Crippen molar-refractivity contribution in [2.45, 2.75) is 32.4 Å². The Morgan fingerprint density at radius 3 is 2.76 bits per heavy atom. The molecule has 0 aromatic carbocycles. The van der Waals surface area contributed by atoms with Gasteiger partial charge in [-0.1, -0.05) is 0 Å². The van der Waals surface area contributed by atoms with Crippen molar-refractivity contribution in [3.05, 3.63) is 28.2 Å². The number of nitrogens with two attached hydrogens (primary N) is 1. The van der Waals surface area contributed by atoms with Gasteiger partial charge >= 0.3 is 5.97 Å². The number of carboxylic acids is 1. The van der Waals surface area contributed by atoms with Crippen LogP contribution in [0.1, 0.15) is 18.5 Å². The Morgan fingerprint density at radius 1 is 1.48 bits per heavy atom. The topological polar surface area (TPSA) is 135 Å². The zero-order valence-corrected chi connectivity index (χ0v) is 11.7. The molecule has 5 N–H and O–H groups in total. The molecule has 1 aromatic heterocycles. The van der Waals surface area contributed by atoms with E-state index in [1.54, 1.807) is 17.7 Å². The lowest BCUT2D eigenvalue weighted by molar-refractivity contribution is -0.140. The maximum atomic E-state index is 11.4. The first-order valence-corrected chi connectivity index (χ1v) is 6.47. The van der Waals surface area contributed by atoms with E-state index >= 15 is 0 Å². The number of amides is 1. The minimum atomic E-state index is -1.22. The van der Waals surface area contributed by atoms with Gasteiger partial charge in [0.1, 0.15) is 6.04 Å². The molecule has 1 atom stereocenters. The fourth-order valence-electron chi connectivity index (χ4n) is 1.74. The Labute approximate surface area is 121 Å². The molecular formula is C13H19N3O5. The molecule has 1 amide bonds. The van der Waals surface area contributed by atoms with Crippen LogP contribution in [0.3, 0.4) is 0 Å². The summed E-state index contributed by atoms with van der Waals surface area (Å²) in [6.45, 7) is 2.48. The molecule has 21 heavy (non-hydrogen) atoms. The molecule has 0 spiro atoms. The van der Waals surface area contributed by atoms with E-state index in [-0.39, 0.29) is 12.2 Å². The maximum Gasteiger partial charge on any atom is 0.321 e. The van der Waals surface area contributed by atoms with Gasteiger partial charge in [-0.05, 0) is 13.3 Å². The molecule has 0 fully saturated rings. The summed E-state index contributed by atoms with van der Waals surface area (Å²) >= 11 is 0. The van der Waals surface area contributed by atoms with Crippen molar-refractivity contribution in [2.24, 2.45) is 5.73 Å². The summed E-state index contributed by atoms with van der Waals surface area (Å²) in [5.41, 5.74) is 5.27. The van der Waals surface area contributed by atoms with Crippen LogP contribution < -0.4 is 16.5 Å². The van der Waals surface area contributed by atoms with E-state index in [0.29, 0.717) is 25.2 Å². The molecule has 8 heteroatoms. The van der Waals surface area contributed by atoms with E-state index in [1.807, 2.05) is 0 Å². The third kappa shape index (κ3) is 4.92. The molecule has 0 unspecified atom stereocenters. The number of rotatable bonds is 7. The normalized spacial score (nSPS) is 11.9. The van der Waals surface area contributed by atoms with Gasteiger partial charge in [0.05, 0.1) is 12.1 Å². The number of carboxylic acid groups (broad SMARTS) is 1. The number of nitrogens with zero attached hydrogens (tertiary/aromatic N) is 1. The van der Waals surface area contributed by atoms with Crippen molar-refractivity contribution in [3.8, 4) is 5.75 Å². The molecular weight excluding hydrogens is 278 g/mol. The average Bonchev–Trinajstić information content (AvgIpc) is 2.43. The lowest BCUT2D eigenvalue weighted by Crippen LogP contribution is -2.37. The third-order valence-corrected chi connectivity index (χ3v) is 3.03. The molecule has 0 aliphatic carbocycles. The smallest absolute Gasteiger partial charge is 0.321 e. The molecule has 0 aliphatic rings. The van der Waals surface area contributed by atoms with Crippen LogP contribution in [0.15, 0.2) is 17.1 Å². The standard InChI is InChI=1S/C13H19N3O5/c1-8-12(19)10(17)3-6-16(8)5-2-4-15-11(18)7-9(14)13(20)21/h3,6,9,19H,2,4-5,7,14H2,1H3,(H,15,18)(H,20,21)/t9-/m0/s1. The highest BCUT2D eigenvalue weighted by molar-refractivity contribution is 5.84. The van der Waals surface area contributed by atoms with Crippen molar-refractivity contribution in [1.29, 1.82) is 0 Å². The minimum absolute atomic E-state index is 0.271. The number of hydrogen-bond acceptors (Lipinski definition) is 5. The maximum absolute atomic E-state index is 11.4. The molecule has 0 aliphatic heterocycles. The second kappa shape index (κ2) is 7.44. The van der Waals surface area contributed by atoms with Gasteiger partial charge in [-0.3, -0.25) is 14.4 Å². The first kappa shape index (κ1) is 16.7. The molecule has 0 radical (unpaired) electrons. The van der Waals surface area contributed by atoms with Crippen LogP contribution in [-0.2, 0) is 16.1 Å². The molecule has 1 rings (SSSR count). The number of aliphatic carboxylic acids is 1. The second-order valence-corrected chi connectivity index (χ2v) is 4.66. The van der Waals surface area contributed by atoms with Gasteiger partial charge in [-0.2, -0.15) is 0 Å². The van der Waals surface area contributed by atoms with Crippen LogP contribution >= 0.6 is 0 Å². The van der Waals surface area contributed by atoms with Gasteiger partial charge in [0, 0.05) is 25.4 Å². The molecule has 1 heterocycles. The molecule has 1 aromatic rings. The summed E-state index contributed by atoms with van der Waals surface area (Å²) in [5.74, 6) is -1.93. The van der Waals surface area contributed by atoms with Crippen LogP contribution in [0.25, 0.3) is 0 Å². The highest BCUT2D eigenvalue weighted by Gasteiger charge is 2.15. The van der Waals surface area contributed by atoms with E-state index in [1.165, 1.54) is 6.07 Å². The van der Waals surface area contributed by atoms with E-state index in [4.69, 9.17) is 10.8 Å². The van der Waals surface area contributed by atoms with Gasteiger partial charge in [0.15, 0.2) is 5.75 Å². The summed E-state index contributed by atoms with van der Waals surface area (Å²) in [5, 5.41) is 20.6. The van der Waals surface area contributed by atoms with E-state index in [0.717, 1.165) is 0 Å². The number of carbonyl (C=O) groups excluding carboxylic acids is 1. The molecule has 0 saturated heterocycles. The molecule has 8 nitrogen and oxygen atoms in total. The lowest BCUT2D eigenvalue weighted by Gasteiger charge is -2.12. The number of pyridine rings is 1. The molecule has 116 valence electrons. The van der Waals surface area contributed by atoms with Crippen molar-refractivity contribution in [2.75, 3.05) is 6.54 Å². The predicted molar refractivity (Wildman–Crippen MR) is 75.0 cm³/mol. The van der Waals surface area contributed by atoms with Gasteiger partial charge in [-0.25, -0.2) is 0 Å². The number of carbonyl (C=O) groups is 2. The first-order valence-electron chi connectivity index (χ1n) is 6.47. The number of aromatic hydroxyl groups is 1. The van der Waals surface area contributed by atoms with E-state index in [9.17, 15) is 19.5 Å². The second-order valence-electron chi connectivity index (χ2n) is 4.66. The average molecular weight is 297 g/mol. The first-order chi connectivity index (χ1) is 9.82. The zero-order chi connectivity index (χ0) is 16.0. The number of aryl methyl sites for hydroxylation is 1. The lowest BCUT2D eigenvalue weighted by atomic mass is 10.2. The fraction of sp³-hybridized carbons (Fsp3) is 0.462. The van der Waals surface area contributed by atoms with Crippen LogP contribution in [0.5, 0.6) is 5.75 Å². The van der Waals surface area contributed by atoms with Crippen LogP contribution in [0.2, 0.25) is 0 Å². The van der Waals surface area contributed by atoms with Gasteiger partial charge < -0.3 is 25.8 Å². The Bertz CT molecular complexity index is 582. The van der Waals surface area contributed by atoms with Crippen LogP contribution in [0.4, 0.5) is 0 Å². The fourth-order valence-corrected chi connectivity index (χ4v) is 1.74. The Hall–Kier alpha value is -2.35. The van der Waals surface area contributed by atoms with E-state index < -0.39 is 23.3 Å². The highest BCUT2D eigenvalue weighted by Crippen LogP contribution is 2.09. The SMILES string of the molecule is Cc1c(O)c(=O)ccn1CCCNC(=O)C[C@H](N)C(=O)O. The van der Waals surface area contributed by atoms with Gasteiger partial charge in [0.2, 0.25) is 11.3 Å². The largest absolute Gasteiger partial charge is 0.503 e. The third-order valence-electron chi connectivity index (χ3n) is 3.03.